The Morgan fingerprint density at radius 3 is 2.67 bits per heavy atom. The molecule has 1 aromatic carbocycles. The maximum absolute atomic E-state index is 11.6. The van der Waals surface area contributed by atoms with Crippen molar-refractivity contribution in [3.8, 4) is 11.5 Å². The lowest BCUT2D eigenvalue weighted by Gasteiger charge is -2.11. The highest BCUT2D eigenvalue weighted by molar-refractivity contribution is 6.32. The van der Waals surface area contributed by atoms with E-state index in [1.165, 1.54) is 19.3 Å². The molecule has 0 spiro atoms. The summed E-state index contributed by atoms with van der Waals surface area (Å²) in [5.41, 5.74) is 0.646. The molecule has 1 amide bonds. The fourth-order valence-electron chi connectivity index (χ4n) is 1.78. The molecule has 24 heavy (non-hydrogen) atoms. The minimum atomic E-state index is -0.620. The minimum absolute atomic E-state index is 0.309. The molecule has 132 valence electrons. The summed E-state index contributed by atoms with van der Waals surface area (Å²) in [6.07, 6.45) is 3.56. The summed E-state index contributed by atoms with van der Waals surface area (Å²) < 4.78 is 15.5. The lowest BCUT2D eigenvalue weighted by Crippen LogP contribution is -2.28. The SMILES string of the molecule is CCCNC(=O)COC(=O)/C=C/c1cc(Cl)c(OCC)c(OC)c1. The molecule has 0 atom stereocenters. The average molecular weight is 356 g/mol. The van der Waals surface area contributed by atoms with Crippen LogP contribution >= 0.6 is 11.6 Å². The van der Waals surface area contributed by atoms with Crippen molar-refractivity contribution in [2.24, 2.45) is 0 Å². The molecule has 6 nitrogen and oxygen atoms in total. The van der Waals surface area contributed by atoms with Crippen LogP contribution in [0.2, 0.25) is 5.02 Å². The van der Waals surface area contributed by atoms with Crippen LogP contribution < -0.4 is 14.8 Å². The molecule has 0 fully saturated rings. The van der Waals surface area contributed by atoms with Gasteiger partial charge >= 0.3 is 5.97 Å². The molecule has 0 radical (unpaired) electrons. The Morgan fingerprint density at radius 2 is 2.04 bits per heavy atom. The minimum Gasteiger partial charge on any atom is -0.493 e. The first kappa shape index (κ1) is 19.8. The summed E-state index contributed by atoms with van der Waals surface area (Å²) in [6.45, 7) is 4.48. The molecule has 7 heteroatoms. The van der Waals surface area contributed by atoms with Crippen molar-refractivity contribution in [2.45, 2.75) is 20.3 Å². The van der Waals surface area contributed by atoms with Gasteiger partial charge in [-0.15, -0.1) is 0 Å². The van der Waals surface area contributed by atoms with Crippen molar-refractivity contribution in [1.29, 1.82) is 0 Å². The van der Waals surface area contributed by atoms with Crippen LogP contribution in [0, 0.1) is 0 Å². The number of hydrogen-bond acceptors (Lipinski definition) is 5. The first-order valence-corrected chi connectivity index (χ1v) is 8.01. The second-order valence-corrected chi connectivity index (χ2v) is 5.17. The summed E-state index contributed by atoms with van der Waals surface area (Å²) in [5, 5.41) is 2.99. The maximum atomic E-state index is 11.6. The lowest BCUT2D eigenvalue weighted by atomic mass is 10.2. The Morgan fingerprint density at radius 1 is 1.29 bits per heavy atom. The van der Waals surface area contributed by atoms with Gasteiger partial charge in [-0.2, -0.15) is 0 Å². The normalized spacial score (nSPS) is 10.5. The Bertz CT molecular complexity index is 601. The van der Waals surface area contributed by atoms with E-state index in [1.807, 2.05) is 13.8 Å². The van der Waals surface area contributed by atoms with Crippen LogP contribution in [0.4, 0.5) is 0 Å². The first-order chi connectivity index (χ1) is 11.5. The standard InChI is InChI=1S/C17H22ClNO5/c1-4-8-19-15(20)11-24-16(21)7-6-12-9-13(18)17(23-5-2)14(10-12)22-3/h6-7,9-10H,4-5,8,11H2,1-3H3,(H,19,20)/b7-6+. The largest absolute Gasteiger partial charge is 0.493 e. The summed E-state index contributed by atoms with van der Waals surface area (Å²) in [7, 11) is 1.50. The molecule has 1 N–H and O–H groups in total. The highest BCUT2D eigenvalue weighted by Crippen LogP contribution is 2.36. The number of esters is 1. The summed E-state index contributed by atoms with van der Waals surface area (Å²) >= 11 is 6.15. The quantitative estimate of drug-likeness (QED) is 0.544. The van der Waals surface area contributed by atoms with Gasteiger partial charge in [0.2, 0.25) is 0 Å². The summed E-state index contributed by atoms with van der Waals surface area (Å²) in [5.74, 6) is -0.0275. The van der Waals surface area contributed by atoms with Gasteiger partial charge in [0.25, 0.3) is 5.91 Å². The Hall–Kier alpha value is -2.21. The third-order valence-corrected chi connectivity index (χ3v) is 3.15. The van der Waals surface area contributed by atoms with Gasteiger partial charge in [0.1, 0.15) is 0 Å². The van der Waals surface area contributed by atoms with E-state index in [4.69, 9.17) is 25.8 Å². The van der Waals surface area contributed by atoms with Crippen LogP contribution in [-0.4, -0.2) is 38.7 Å². The number of rotatable bonds is 9. The van der Waals surface area contributed by atoms with Gasteiger partial charge in [-0.25, -0.2) is 4.79 Å². The predicted octanol–water partition coefficient (Wildman–Crippen LogP) is 2.83. The van der Waals surface area contributed by atoms with Crippen LogP contribution in [0.3, 0.4) is 0 Å². The van der Waals surface area contributed by atoms with E-state index in [-0.39, 0.29) is 12.5 Å². The second-order valence-electron chi connectivity index (χ2n) is 4.76. The molecule has 0 aromatic heterocycles. The number of methoxy groups -OCH3 is 1. The number of amides is 1. The van der Waals surface area contributed by atoms with Crippen molar-refractivity contribution in [1.82, 2.24) is 5.32 Å². The molecule has 0 aliphatic carbocycles. The molecule has 0 unspecified atom stereocenters. The average Bonchev–Trinajstić information content (AvgIpc) is 2.58. The number of halogens is 1. The zero-order valence-electron chi connectivity index (χ0n) is 14.1. The van der Waals surface area contributed by atoms with Crippen molar-refractivity contribution < 1.29 is 23.8 Å². The van der Waals surface area contributed by atoms with E-state index in [2.05, 4.69) is 5.32 Å². The highest BCUT2D eigenvalue weighted by atomic mass is 35.5. The van der Waals surface area contributed by atoms with Crippen LogP contribution in [0.25, 0.3) is 6.08 Å². The molecular formula is C17H22ClNO5. The van der Waals surface area contributed by atoms with E-state index in [0.717, 1.165) is 6.42 Å². The van der Waals surface area contributed by atoms with Gasteiger partial charge < -0.3 is 19.5 Å². The molecule has 1 aromatic rings. The predicted molar refractivity (Wildman–Crippen MR) is 92.5 cm³/mol. The summed E-state index contributed by atoms with van der Waals surface area (Å²) in [6, 6.07) is 3.33. The first-order valence-electron chi connectivity index (χ1n) is 7.63. The van der Waals surface area contributed by atoms with Crippen LogP contribution in [0.1, 0.15) is 25.8 Å². The van der Waals surface area contributed by atoms with Gasteiger partial charge in [-0.05, 0) is 37.1 Å². The van der Waals surface area contributed by atoms with Gasteiger partial charge in [0.15, 0.2) is 18.1 Å². The molecule has 0 aliphatic heterocycles. The zero-order chi connectivity index (χ0) is 17.9. The fourth-order valence-corrected chi connectivity index (χ4v) is 2.06. The number of benzene rings is 1. The topological polar surface area (TPSA) is 73.9 Å². The highest BCUT2D eigenvalue weighted by Gasteiger charge is 2.11. The van der Waals surface area contributed by atoms with Crippen LogP contribution in [-0.2, 0) is 14.3 Å². The fraction of sp³-hybridized carbons (Fsp3) is 0.412. The van der Waals surface area contributed by atoms with Crippen molar-refractivity contribution >= 4 is 29.6 Å². The Balaban J connectivity index is 2.68. The van der Waals surface area contributed by atoms with Crippen molar-refractivity contribution in [2.75, 3.05) is 26.9 Å². The third-order valence-electron chi connectivity index (χ3n) is 2.87. The van der Waals surface area contributed by atoms with Crippen molar-refractivity contribution in [3.63, 3.8) is 0 Å². The number of ether oxygens (including phenoxy) is 3. The van der Waals surface area contributed by atoms with E-state index < -0.39 is 5.97 Å². The smallest absolute Gasteiger partial charge is 0.331 e. The molecule has 0 aliphatic rings. The summed E-state index contributed by atoms with van der Waals surface area (Å²) in [4.78, 5) is 23.0. The molecule has 0 heterocycles. The molecule has 0 saturated carbocycles. The lowest BCUT2D eigenvalue weighted by molar-refractivity contribution is -0.143. The number of nitrogens with one attached hydrogen (secondary N) is 1. The van der Waals surface area contributed by atoms with E-state index in [1.54, 1.807) is 12.1 Å². The molecule has 0 bridgehead atoms. The number of carbonyl (C=O) groups excluding carboxylic acids is 2. The van der Waals surface area contributed by atoms with Gasteiger partial charge in [-0.3, -0.25) is 4.79 Å². The van der Waals surface area contributed by atoms with Gasteiger partial charge in [-0.1, -0.05) is 18.5 Å². The van der Waals surface area contributed by atoms with Crippen LogP contribution in [0.15, 0.2) is 18.2 Å². The number of hydrogen-bond donors (Lipinski definition) is 1. The Labute approximate surface area is 146 Å². The van der Waals surface area contributed by atoms with E-state index in [0.29, 0.717) is 35.2 Å². The van der Waals surface area contributed by atoms with E-state index in [9.17, 15) is 9.59 Å². The van der Waals surface area contributed by atoms with Crippen LogP contribution in [0.5, 0.6) is 11.5 Å². The van der Waals surface area contributed by atoms with E-state index >= 15 is 0 Å². The monoisotopic (exact) mass is 355 g/mol. The van der Waals surface area contributed by atoms with Gasteiger partial charge in [0, 0.05) is 12.6 Å². The molecule has 0 saturated heterocycles. The van der Waals surface area contributed by atoms with Crippen molar-refractivity contribution in [3.05, 3.63) is 28.8 Å². The number of carbonyl (C=O) groups is 2. The van der Waals surface area contributed by atoms with Gasteiger partial charge in [0.05, 0.1) is 18.7 Å². The third kappa shape index (κ3) is 6.50. The second kappa shape index (κ2) is 10.5. The molecular weight excluding hydrogens is 334 g/mol. The maximum Gasteiger partial charge on any atom is 0.331 e. The Kier molecular flexibility index (Phi) is 8.71. The zero-order valence-corrected chi connectivity index (χ0v) is 14.8. The molecule has 1 rings (SSSR count).